The number of aliphatic hydroxyl groups is 1. The van der Waals surface area contributed by atoms with Gasteiger partial charge in [0.25, 0.3) is 0 Å². The van der Waals surface area contributed by atoms with Crippen molar-refractivity contribution in [2.24, 2.45) is 5.41 Å². The predicted octanol–water partition coefficient (Wildman–Crippen LogP) is 3.26. The van der Waals surface area contributed by atoms with Crippen molar-refractivity contribution in [2.45, 2.75) is 39.2 Å². The summed E-state index contributed by atoms with van der Waals surface area (Å²) >= 11 is 6.13. The molecular weight excluding hydrogens is 316 g/mol. The van der Waals surface area contributed by atoms with E-state index in [-0.39, 0.29) is 24.1 Å². The summed E-state index contributed by atoms with van der Waals surface area (Å²) in [6, 6.07) is 5.29. The predicted molar refractivity (Wildman–Crippen MR) is 90.9 cm³/mol. The molecule has 0 radical (unpaired) electrons. The first kappa shape index (κ1) is 17.9. The van der Waals surface area contributed by atoms with E-state index in [1.165, 1.54) is 0 Å². The van der Waals surface area contributed by atoms with Gasteiger partial charge in [-0.2, -0.15) is 0 Å². The standard InChI is InChI=1S/C17H25ClN2O3/c1-17(2,11-21)8-4-9-19-16(22)20-14-7-10-23-15-12(14)5-3-6-13(15)18/h3,5-6,14,21H,4,7-11H2,1-2H3,(H2,19,20,22). The molecule has 0 saturated heterocycles. The fourth-order valence-electron chi connectivity index (χ4n) is 2.59. The number of aliphatic hydroxyl groups excluding tert-OH is 1. The maximum atomic E-state index is 12.1. The van der Waals surface area contributed by atoms with Crippen molar-refractivity contribution < 1.29 is 14.6 Å². The van der Waals surface area contributed by atoms with E-state index in [1.54, 1.807) is 6.07 Å². The zero-order chi connectivity index (χ0) is 16.9. The molecule has 128 valence electrons. The molecule has 0 saturated carbocycles. The Labute approximate surface area is 142 Å². The molecule has 1 unspecified atom stereocenters. The number of benzene rings is 1. The Hall–Kier alpha value is -1.46. The van der Waals surface area contributed by atoms with E-state index in [1.807, 2.05) is 26.0 Å². The smallest absolute Gasteiger partial charge is 0.315 e. The third-order valence-corrected chi connectivity index (χ3v) is 4.37. The maximum absolute atomic E-state index is 12.1. The van der Waals surface area contributed by atoms with Crippen molar-refractivity contribution in [1.29, 1.82) is 0 Å². The Morgan fingerprint density at radius 2 is 2.26 bits per heavy atom. The number of ether oxygens (including phenoxy) is 1. The lowest BCUT2D eigenvalue weighted by Gasteiger charge is -2.27. The molecule has 0 bridgehead atoms. The van der Waals surface area contributed by atoms with E-state index in [0.717, 1.165) is 24.8 Å². The summed E-state index contributed by atoms with van der Waals surface area (Å²) in [4.78, 5) is 12.1. The Bertz CT molecular complexity index is 549. The van der Waals surface area contributed by atoms with Gasteiger partial charge in [-0.3, -0.25) is 0 Å². The average molecular weight is 341 g/mol. The van der Waals surface area contributed by atoms with Crippen LogP contribution in [0.2, 0.25) is 5.02 Å². The van der Waals surface area contributed by atoms with Crippen LogP contribution in [0.25, 0.3) is 0 Å². The quantitative estimate of drug-likeness (QED) is 0.696. The lowest BCUT2D eigenvalue weighted by Crippen LogP contribution is -2.40. The number of para-hydroxylation sites is 1. The molecule has 1 aliphatic heterocycles. The third kappa shape index (κ3) is 5.01. The highest BCUT2D eigenvalue weighted by molar-refractivity contribution is 6.32. The first-order chi connectivity index (χ1) is 10.9. The average Bonchev–Trinajstić information content (AvgIpc) is 2.53. The van der Waals surface area contributed by atoms with Gasteiger partial charge in [0.2, 0.25) is 0 Å². The molecule has 0 aromatic heterocycles. The number of carbonyl (C=O) groups excluding carboxylic acids is 1. The Morgan fingerprint density at radius 1 is 1.48 bits per heavy atom. The second-order valence-corrected chi connectivity index (χ2v) is 7.08. The first-order valence-corrected chi connectivity index (χ1v) is 8.37. The zero-order valence-corrected chi connectivity index (χ0v) is 14.4. The lowest BCUT2D eigenvalue weighted by atomic mass is 9.89. The number of halogens is 1. The van der Waals surface area contributed by atoms with Crippen LogP contribution in [-0.2, 0) is 0 Å². The number of carbonyl (C=O) groups is 1. The number of hydrogen-bond donors (Lipinski definition) is 3. The van der Waals surface area contributed by atoms with E-state index < -0.39 is 0 Å². The fourth-order valence-corrected chi connectivity index (χ4v) is 2.83. The number of hydrogen-bond acceptors (Lipinski definition) is 3. The van der Waals surface area contributed by atoms with E-state index in [9.17, 15) is 9.90 Å². The molecule has 23 heavy (non-hydrogen) atoms. The molecule has 6 heteroatoms. The van der Waals surface area contributed by atoms with Gasteiger partial charge in [-0.1, -0.05) is 37.6 Å². The molecule has 1 atom stereocenters. The van der Waals surface area contributed by atoms with Crippen LogP contribution in [0, 0.1) is 5.41 Å². The van der Waals surface area contributed by atoms with Crippen LogP contribution in [0.1, 0.15) is 44.7 Å². The summed E-state index contributed by atoms with van der Waals surface area (Å²) in [7, 11) is 0. The SMILES string of the molecule is CC(C)(CO)CCCNC(=O)NC1CCOc2c(Cl)cccc21. The summed E-state index contributed by atoms with van der Waals surface area (Å²) in [5, 5.41) is 15.6. The van der Waals surface area contributed by atoms with Gasteiger partial charge in [-0.05, 0) is 24.3 Å². The fraction of sp³-hybridized carbons (Fsp3) is 0.588. The minimum Gasteiger partial charge on any atom is -0.492 e. The molecule has 1 aromatic carbocycles. The number of fused-ring (bicyclic) bond motifs is 1. The highest BCUT2D eigenvalue weighted by Crippen LogP contribution is 2.37. The van der Waals surface area contributed by atoms with Crippen molar-refractivity contribution in [3.63, 3.8) is 0 Å². The van der Waals surface area contributed by atoms with Crippen LogP contribution >= 0.6 is 11.6 Å². The number of urea groups is 1. The topological polar surface area (TPSA) is 70.6 Å². The van der Waals surface area contributed by atoms with E-state index in [4.69, 9.17) is 16.3 Å². The lowest BCUT2D eigenvalue weighted by molar-refractivity contribution is 0.148. The van der Waals surface area contributed by atoms with Crippen LogP contribution < -0.4 is 15.4 Å². The second kappa shape index (κ2) is 7.88. The van der Waals surface area contributed by atoms with Gasteiger partial charge >= 0.3 is 6.03 Å². The maximum Gasteiger partial charge on any atom is 0.315 e. The number of rotatable bonds is 6. The van der Waals surface area contributed by atoms with Crippen molar-refractivity contribution in [1.82, 2.24) is 10.6 Å². The van der Waals surface area contributed by atoms with E-state index >= 15 is 0 Å². The largest absolute Gasteiger partial charge is 0.492 e. The summed E-state index contributed by atoms with van der Waals surface area (Å²) in [6.07, 6.45) is 2.41. The molecule has 1 aliphatic rings. The van der Waals surface area contributed by atoms with Gasteiger partial charge < -0.3 is 20.5 Å². The van der Waals surface area contributed by atoms with Gasteiger partial charge in [-0.15, -0.1) is 0 Å². The van der Waals surface area contributed by atoms with E-state index in [2.05, 4.69) is 10.6 Å². The van der Waals surface area contributed by atoms with Crippen LogP contribution in [-0.4, -0.2) is 30.9 Å². The van der Waals surface area contributed by atoms with Gasteiger partial charge in [-0.25, -0.2) is 4.79 Å². The molecule has 5 nitrogen and oxygen atoms in total. The zero-order valence-electron chi connectivity index (χ0n) is 13.7. The Morgan fingerprint density at radius 3 is 3.00 bits per heavy atom. The molecule has 2 rings (SSSR count). The number of nitrogens with one attached hydrogen (secondary N) is 2. The van der Waals surface area contributed by atoms with Gasteiger partial charge in [0, 0.05) is 25.1 Å². The second-order valence-electron chi connectivity index (χ2n) is 6.67. The summed E-state index contributed by atoms with van der Waals surface area (Å²) in [6.45, 7) is 5.29. The Kier molecular flexibility index (Phi) is 6.13. The normalized spacial score (nSPS) is 17.1. The summed E-state index contributed by atoms with van der Waals surface area (Å²) in [5.74, 6) is 0.662. The molecule has 0 spiro atoms. The molecule has 1 aromatic rings. The van der Waals surface area contributed by atoms with Crippen molar-refractivity contribution >= 4 is 17.6 Å². The monoisotopic (exact) mass is 340 g/mol. The van der Waals surface area contributed by atoms with Gasteiger partial charge in [0.15, 0.2) is 0 Å². The van der Waals surface area contributed by atoms with Crippen molar-refractivity contribution in [3.8, 4) is 5.75 Å². The molecular formula is C17H25ClN2O3. The van der Waals surface area contributed by atoms with E-state index in [0.29, 0.717) is 23.9 Å². The number of amides is 2. The molecule has 1 heterocycles. The van der Waals surface area contributed by atoms with Crippen LogP contribution in [0.15, 0.2) is 18.2 Å². The van der Waals surface area contributed by atoms with Crippen LogP contribution in [0.5, 0.6) is 5.75 Å². The van der Waals surface area contributed by atoms with Crippen LogP contribution in [0.4, 0.5) is 4.79 Å². The molecule has 3 N–H and O–H groups in total. The third-order valence-electron chi connectivity index (χ3n) is 4.08. The summed E-state index contributed by atoms with van der Waals surface area (Å²) < 4.78 is 5.59. The first-order valence-electron chi connectivity index (χ1n) is 7.99. The highest BCUT2D eigenvalue weighted by Gasteiger charge is 2.24. The highest BCUT2D eigenvalue weighted by atomic mass is 35.5. The molecule has 2 amide bonds. The van der Waals surface area contributed by atoms with Crippen molar-refractivity contribution in [3.05, 3.63) is 28.8 Å². The van der Waals surface area contributed by atoms with Gasteiger partial charge in [0.05, 0.1) is 17.7 Å². The van der Waals surface area contributed by atoms with Crippen molar-refractivity contribution in [2.75, 3.05) is 19.8 Å². The van der Waals surface area contributed by atoms with Crippen LogP contribution in [0.3, 0.4) is 0 Å². The van der Waals surface area contributed by atoms with Gasteiger partial charge in [0.1, 0.15) is 5.75 Å². The minimum atomic E-state index is -0.190. The molecule has 0 fully saturated rings. The minimum absolute atomic E-state index is 0.0914. The molecule has 0 aliphatic carbocycles. The Balaban J connectivity index is 1.82. The summed E-state index contributed by atoms with van der Waals surface area (Å²) in [5.41, 5.74) is 0.814.